The first-order valence-electron chi connectivity index (χ1n) is 7.40. The summed E-state index contributed by atoms with van der Waals surface area (Å²) in [6.45, 7) is 9.96. The number of ketones is 1. The van der Waals surface area contributed by atoms with Crippen LogP contribution in [-0.4, -0.2) is 30.1 Å². The molecule has 1 aromatic carbocycles. The summed E-state index contributed by atoms with van der Waals surface area (Å²) < 4.78 is 10.1. The molecule has 0 fully saturated rings. The number of benzene rings is 1. The van der Waals surface area contributed by atoms with Crippen molar-refractivity contribution in [2.45, 2.75) is 46.1 Å². The molecule has 0 aromatic heterocycles. The van der Waals surface area contributed by atoms with E-state index in [1.807, 2.05) is 34.6 Å². The van der Waals surface area contributed by atoms with Gasteiger partial charge in [-0.3, -0.25) is 4.79 Å². The molecule has 0 bridgehead atoms. The number of rotatable bonds is 5. The molecule has 5 nitrogen and oxygen atoms in total. The van der Waals surface area contributed by atoms with Crippen molar-refractivity contribution in [2.24, 2.45) is 0 Å². The SMILES string of the molecule is COC(=O)C(=O)/C=C(\O)c1ccc(OC(C)C)c(C(C)(C)C)c1. The molecule has 0 spiro atoms. The maximum absolute atomic E-state index is 11.5. The molecule has 0 unspecified atom stereocenters. The van der Waals surface area contributed by atoms with E-state index in [4.69, 9.17) is 4.74 Å². The Kier molecular flexibility index (Phi) is 5.96. The summed E-state index contributed by atoms with van der Waals surface area (Å²) in [4.78, 5) is 22.6. The Morgan fingerprint density at radius 2 is 1.83 bits per heavy atom. The number of carbonyl (C=O) groups excluding carboxylic acids is 2. The Hall–Kier alpha value is -2.30. The molecule has 0 aliphatic rings. The van der Waals surface area contributed by atoms with Crippen LogP contribution in [0.2, 0.25) is 0 Å². The Bertz CT molecular complexity index is 621. The number of esters is 1. The number of aliphatic hydroxyl groups excluding tert-OH is 1. The molecule has 0 aliphatic carbocycles. The van der Waals surface area contributed by atoms with Gasteiger partial charge in [0.25, 0.3) is 5.78 Å². The average Bonchev–Trinajstić information content (AvgIpc) is 2.44. The number of methoxy groups -OCH3 is 1. The van der Waals surface area contributed by atoms with Crippen molar-refractivity contribution in [3.05, 3.63) is 35.4 Å². The molecule has 0 atom stereocenters. The molecule has 1 N–H and O–H groups in total. The van der Waals surface area contributed by atoms with Crippen molar-refractivity contribution in [1.82, 2.24) is 0 Å². The van der Waals surface area contributed by atoms with E-state index in [0.717, 1.165) is 24.5 Å². The molecular formula is C18H24O5. The van der Waals surface area contributed by atoms with E-state index in [1.165, 1.54) is 0 Å². The molecule has 0 saturated heterocycles. The number of carbonyl (C=O) groups is 2. The molecule has 0 saturated carbocycles. The summed E-state index contributed by atoms with van der Waals surface area (Å²) in [5, 5.41) is 10.1. The summed E-state index contributed by atoms with van der Waals surface area (Å²) >= 11 is 0. The van der Waals surface area contributed by atoms with Crippen molar-refractivity contribution < 1.29 is 24.2 Å². The molecule has 0 radical (unpaired) electrons. The average molecular weight is 320 g/mol. The van der Waals surface area contributed by atoms with E-state index in [2.05, 4.69) is 4.74 Å². The minimum Gasteiger partial charge on any atom is -0.507 e. The molecular weight excluding hydrogens is 296 g/mol. The first kappa shape index (κ1) is 18.7. The molecule has 126 valence electrons. The van der Waals surface area contributed by atoms with E-state index in [0.29, 0.717) is 5.56 Å². The zero-order valence-corrected chi connectivity index (χ0v) is 14.5. The summed E-state index contributed by atoms with van der Waals surface area (Å²) in [5.74, 6) is -1.50. The fraction of sp³-hybridized carbons (Fsp3) is 0.444. The van der Waals surface area contributed by atoms with Crippen LogP contribution in [0.15, 0.2) is 24.3 Å². The molecule has 0 aliphatic heterocycles. The fourth-order valence-corrected chi connectivity index (χ4v) is 2.00. The molecule has 0 amide bonds. The van der Waals surface area contributed by atoms with Gasteiger partial charge in [-0.1, -0.05) is 20.8 Å². The molecule has 0 heterocycles. The van der Waals surface area contributed by atoms with Gasteiger partial charge >= 0.3 is 5.97 Å². The number of hydrogen-bond donors (Lipinski definition) is 1. The largest absolute Gasteiger partial charge is 0.507 e. The molecule has 5 heteroatoms. The summed E-state index contributed by atoms with van der Waals surface area (Å²) in [7, 11) is 1.11. The smallest absolute Gasteiger partial charge is 0.378 e. The molecule has 1 rings (SSSR count). The molecule has 23 heavy (non-hydrogen) atoms. The van der Waals surface area contributed by atoms with Gasteiger partial charge in [0, 0.05) is 17.2 Å². The van der Waals surface area contributed by atoms with Crippen LogP contribution in [0.1, 0.15) is 45.7 Å². The maximum atomic E-state index is 11.5. The zero-order valence-electron chi connectivity index (χ0n) is 14.5. The van der Waals surface area contributed by atoms with Crippen molar-refractivity contribution in [3.8, 4) is 5.75 Å². The first-order chi connectivity index (χ1) is 10.6. The van der Waals surface area contributed by atoms with Gasteiger partial charge in [-0.15, -0.1) is 0 Å². The standard InChI is InChI=1S/C18H24O5/c1-11(2)23-16-8-7-12(9-13(16)18(3,4)5)14(19)10-15(20)17(21)22-6/h7-11,19H,1-6H3/b14-10-. The third-order valence-corrected chi connectivity index (χ3v) is 3.10. The Balaban J connectivity index is 3.27. The lowest BCUT2D eigenvalue weighted by Gasteiger charge is -2.24. The minimum absolute atomic E-state index is 0.0204. The van der Waals surface area contributed by atoms with Crippen LogP contribution in [-0.2, 0) is 19.7 Å². The third kappa shape index (κ3) is 5.13. The van der Waals surface area contributed by atoms with Crippen LogP contribution in [0.4, 0.5) is 0 Å². The van der Waals surface area contributed by atoms with Crippen molar-refractivity contribution in [1.29, 1.82) is 0 Å². The van der Waals surface area contributed by atoms with Gasteiger partial charge in [0.2, 0.25) is 0 Å². The van der Waals surface area contributed by atoms with Crippen LogP contribution in [0.3, 0.4) is 0 Å². The second-order valence-corrected chi connectivity index (χ2v) is 6.51. The van der Waals surface area contributed by atoms with E-state index in [1.54, 1.807) is 18.2 Å². The van der Waals surface area contributed by atoms with Crippen LogP contribution in [0, 0.1) is 0 Å². The lowest BCUT2D eigenvalue weighted by atomic mass is 9.85. The highest BCUT2D eigenvalue weighted by molar-refractivity contribution is 6.39. The molecule has 1 aromatic rings. The maximum Gasteiger partial charge on any atom is 0.378 e. The van der Waals surface area contributed by atoms with Gasteiger partial charge in [-0.25, -0.2) is 4.79 Å². The van der Waals surface area contributed by atoms with Gasteiger partial charge in [-0.2, -0.15) is 0 Å². The lowest BCUT2D eigenvalue weighted by molar-refractivity contribution is -0.149. The Morgan fingerprint density at radius 1 is 1.22 bits per heavy atom. The van der Waals surface area contributed by atoms with Crippen molar-refractivity contribution in [3.63, 3.8) is 0 Å². The van der Waals surface area contributed by atoms with E-state index in [9.17, 15) is 14.7 Å². The quantitative estimate of drug-likeness (QED) is 0.389. The van der Waals surface area contributed by atoms with Crippen LogP contribution in [0.25, 0.3) is 5.76 Å². The third-order valence-electron chi connectivity index (χ3n) is 3.10. The number of ether oxygens (including phenoxy) is 2. The zero-order chi connectivity index (χ0) is 17.8. The number of aliphatic hydroxyl groups is 1. The highest BCUT2D eigenvalue weighted by atomic mass is 16.5. The van der Waals surface area contributed by atoms with Crippen LogP contribution >= 0.6 is 0 Å². The van der Waals surface area contributed by atoms with Crippen molar-refractivity contribution in [2.75, 3.05) is 7.11 Å². The lowest BCUT2D eigenvalue weighted by Crippen LogP contribution is -2.16. The number of hydrogen-bond acceptors (Lipinski definition) is 5. The second-order valence-electron chi connectivity index (χ2n) is 6.51. The topological polar surface area (TPSA) is 72.8 Å². The highest BCUT2D eigenvalue weighted by Crippen LogP contribution is 2.34. The Morgan fingerprint density at radius 3 is 2.30 bits per heavy atom. The summed E-state index contributed by atoms with van der Waals surface area (Å²) in [6, 6.07) is 5.15. The van der Waals surface area contributed by atoms with Crippen molar-refractivity contribution >= 4 is 17.5 Å². The van der Waals surface area contributed by atoms with Crippen LogP contribution < -0.4 is 4.74 Å². The predicted molar refractivity (Wildman–Crippen MR) is 88.5 cm³/mol. The summed E-state index contributed by atoms with van der Waals surface area (Å²) in [6.07, 6.45) is 0.878. The van der Waals surface area contributed by atoms with Gasteiger partial charge in [0.1, 0.15) is 11.5 Å². The normalized spacial score (nSPS) is 12.2. The Labute approximate surface area is 136 Å². The van der Waals surface area contributed by atoms with E-state index in [-0.39, 0.29) is 17.3 Å². The fourth-order valence-electron chi connectivity index (χ4n) is 2.00. The van der Waals surface area contributed by atoms with Gasteiger partial charge in [0.05, 0.1) is 13.2 Å². The van der Waals surface area contributed by atoms with Gasteiger partial charge < -0.3 is 14.6 Å². The minimum atomic E-state index is -1.02. The van der Waals surface area contributed by atoms with Gasteiger partial charge in [0.15, 0.2) is 0 Å². The first-order valence-corrected chi connectivity index (χ1v) is 7.40. The van der Waals surface area contributed by atoms with E-state index >= 15 is 0 Å². The predicted octanol–water partition coefficient (Wildman–Crippen LogP) is 3.41. The van der Waals surface area contributed by atoms with Gasteiger partial charge in [-0.05, 0) is 37.5 Å². The van der Waals surface area contributed by atoms with E-state index < -0.39 is 11.8 Å². The summed E-state index contributed by atoms with van der Waals surface area (Å²) in [5.41, 5.74) is 1.12. The van der Waals surface area contributed by atoms with Crippen LogP contribution in [0.5, 0.6) is 5.75 Å². The highest BCUT2D eigenvalue weighted by Gasteiger charge is 2.21. The monoisotopic (exact) mass is 320 g/mol. The second kappa shape index (κ2) is 7.31.